The van der Waals surface area contributed by atoms with Crippen molar-refractivity contribution in [2.45, 2.75) is 6.10 Å². The predicted molar refractivity (Wildman–Crippen MR) is 91.8 cm³/mol. The lowest BCUT2D eigenvalue weighted by molar-refractivity contribution is 0.246. The van der Waals surface area contributed by atoms with Gasteiger partial charge >= 0.3 is 0 Å². The average Bonchev–Trinajstić information content (AvgIpc) is 2.99. The van der Waals surface area contributed by atoms with Gasteiger partial charge in [-0.05, 0) is 57.9 Å². The first kappa shape index (κ1) is 13.9. The summed E-state index contributed by atoms with van der Waals surface area (Å²) in [6.07, 6.45) is -0.108. The van der Waals surface area contributed by atoms with Crippen LogP contribution in [0.1, 0.15) is 16.5 Å². The van der Waals surface area contributed by atoms with E-state index in [4.69, 9.17) is 9.47 Å². The van der Waals surface area contributed by atoms with Gasteiger partial charge in [0.15, 0.2) is 6.10 Å². The number of methoxy groups -OCH3 is 1. The third-order valence-electron chi connectivity index (χ3n) is 3.75. The number of benzene rings is 2. The van der Waals surface area contributed by atoms with Crippen LogP contribution in [0, 0.1) is 6.07 Å². The van der Waals surface area contributed by atoms with Crippen molar-refractivity contribution in [2.75, 3.05) is 7.11 Å². The van der Waals surface area contributed by atoms with E-state index in [-0.39, 0.29) is 6.10 Å². The minimum absolute atomic E-state index is 0.108. The number of halogens is 1. The topological polar surface area (TPSA) is 18.5 Å². The Morgan fingerprint density at radius 2 is 2.14 bits per heavy atom. The summed E-state index contributed by atoms with van der Waals surface area (Å²) in [5.41, 5.74) is 3.28. The molecule has 0 amide bonds. The van der Waals surface area contributed by atoms with Crippen molar-refractivity contribution in [2.24, 2.45) is 0 Å². The summed E-state index contributed by atoms with van der Waals surface area (Å²) in [7, 11) is 1.69. The summed E-state index contributed by atoms with van der Waals surface area (Å²) >= 11 is 5.22. The maximum atomic E-state index is 6.29. The summed E-state index contributed by atoms with van der Waals surface area (Å²) in [6, 6.07) is 19.2. The fourth-order valence-electron chi connectivity index (χ4n) is 2.80. The Morgan fingerprint density at radius 1 is 1.23 bits per heavy atom. The molecule has 0 bridgehead atoms. The molecule has 109 valence electrons. The molecule has 0 spiro atoms. The van der Waals surface area contributed by atoms with Gasteiger partial charge in [0.25, 0.3) is 0 Å². The molecular formula is C18H12BrO2S. The molecule has 2 nitrogen and oxygen atoms in total. The molecule has 0 N–H and O–H groups in total. The fraction of sp³-hybridized carbons (Fsp3) is 0.111. The summed E-state index contributed by atoms with van der Waals surface area (Å²) < 4.78 is 12.9. The number of rotatable bonds is 2. The second kappa shape index (κ2) is 5.45. The largest absolute Gasteiger partial charge is 0.496 e. The van der Waals surface area contributed by atoms with Gasteiger partial charge in [0.05, 0.1) is 21.3 Å². The first-order valence-electron chi connectivity index (χ1n) is 6.87. The minimum Gasteiger partial charge on any atom is -0.496 e. The van der Waals surface area contributed by atoms with E-state index >= 15 is 0 Å². The molecule has 1 aliphatic rings. The van der Waals surface area contributed by atoms with Crippen molar-refractivity contribution in [3.05, 3.63) is 68.8 Å². The van der Waals surface area contributed by atoms with E-state index in [2.05, 4.69) is 40.2 Å². The van der Waals surface area contributed by atoms with Crippen LogP contribution in [0.2, 0.25) is 0 Å². The molecule has 4 heteroatoms. The molecule has 1 aliphatic heterocycles. The zero-order valence-corrected chi connectivity index (χ0v) is 14.2. The summed E-state index contributed by atoms with van der Waals surface area (Å²) in [4.78, 5) is 1.17. The van der Waals surface area contributed by atoms with E-state index in [1.807, 2.05) is 30.3 Å². The second-order valence-electron chi connectivity index (χ2n) is 4.99. The lowest BCUT2D eigenvalue weighted by atomic mass is 9.91. The van der Waals surface area contributed by atoms with Gasteiger partial charge in [0.1, 0.15) is 11.5 Å². The number of hydrogen-bond donors (Lipinski definition) is 0. The number of ether oxygens (including phenoxy) is 2. The zero-order chi connectivity index (χ0) is 15.1. The maximum Gasteiger partial charge on any atom is 0.159 e. The highest BCUT2D eigenvalue weighted by molar-refractivity contribution is 9.11. The highest BCUT2D eigenvalue weighted by Crippen LogP contribution is 2.49. The Kier molecular flexibility index (Phi) is 3.43. The highest BCUT2D eigenvalue weighted by atomic mass is 79.9. The van der Waals surface area contributed by atoms with Gasteiger partial charge in [-0.3, -0.25) is 0 Å². The van der Waals surface area contributed by atoms with E-state index < -0.39 is 0 Å². The van der Waals surface area contributed by atoms with E-state index in [9.17, 15) is 0 Å². The molecule has 1 radical (unpaired) electrons. The van der Waals surface area contributed by atoms with Crippen LogP contribution in [-0.4, -0.2) is 7.11 Å². The maximum absolute atomic E-state index is 6.29. The van der Waals surface area contributed by atoms with Gasteiger partial charge in [-0.15, -0.1) is 11.3 Å². The van der Waals surface area contributed by atoms with Crippen LogP contribution in [0.15, 0.2) is 52.3 Å². The lowest BCUT2D eigenvalue weighted by Crippen LogP contribution is -2.14. The number of thiophene rings is 1. The third-order valence-corrected chi connectivity index (χ3v) is 5.42. The van der Waals surface area contributed by atoms with Crippen molar-refractivity contribution < 1.29 is 9.47 Å². The summed E-state index contributed by atoms with van der Waals surface area (Å²) in [5.74, 6) is 1.68. The van der Waals surface area contributed by atoms with Crippen molar-refractivity contribution in [3.8, 4) is 22.6 Å². The molecule has 0 saturated heterocycles. The quantitative estimate of drug-likeness (QED) is 0.594. The van der Waals surface area contributed by atoms with Crippen LogP contribution >= 0.6 is 27.3 Å². The van der Waals surface area contributed by atoms with Crippen LogP contribution in [0.5, 0.6) is 11.5 Å². The Hall–Kier alpha value is -1.78. The van der Waals surface area contributed by atoms with Gasteiger partial charge < -0.3 is 9.47 Å². The summed E-state index contributed by atoms with van der Waals surface area (Å²) in [6.45, 7) is 0. The Bertz CT molecular complexity index is 841. The standard InChI is InChI=1S/C18H12BrO2S/c1-20-13-7-4-8-14-17(13)11-5-2-3-6-12(11)18(21-14)15-9-10-16(19)22-15/h2,4-10,18H,1H3. The number of fused-ring (bicyclic) bond motifs is 3. The van der Waals surface area contributed by atoms with Crippen molar-refractivity contribution in [1.82, 2.24) is 0 Å². The van der Waals surface area contributed by atoms with E-state index in [0.29, 0.717) is 0 Å². The smallest absolute Gasteiger partial charge is 0.159 e. The SMILES string of the molecule is COc1cccc2c1-c1cc[c]cc1C(c1ccc(Br)s1)O2. The summed E-state index contributed by atoms with van der Waals surface area (Å²) in [5, 5.41) is 0. The molecular weight excluding hydrogens is 360 g/mol. The molecule has 2 heterocycles. The third kappa shape index (κ3) is 2.14. The van der Waals surface area contributed by atoms with Gasteiger partial charge in [-0.1, -0.05) is 18.2 Å². The first-order valence-corrected chi connectivity index (χ1v) is 8.48. The normalized spacial score (nSPS) is 15.6. The van der Waals surface area contributed by atoms with Crippen molar-refractivity contribution in [3.63, 3.8) is 0 Å². The average molecular weight is 372 g/mol. The minimum atomic E-state index is -0.108. The van der Waals surface area contributed by atoms with Gasteiger partial charge in [0, 0.05) is 5.56 Å². The first-order chi connectivity index (χ1) is 10.8. The Morgan fingerprint density at radius 3 is 2.91 bits per heavy atom. The molecule has 1 unspecified atom stereocenters. The Balaban J connectivity index is 1.94. The van der Waals surface area contributed by atoms with Crippen LogP contribution in [0.4, 0.5) is 0 Å². The zero-order valence-electron chi connectivity index (χ0n) is 11.8. The van der Waals surface area contributed by atoms with Crippen LogP contribution < -0.4 is 9.47 Å². The van der Waals surface area contributed by atoms with Crippen LogP contribution in [-0.2, 0) is 0 Å². The molecule has 22 heavy (non-hydrogen) atoms. The lowest BCUT2D eigenvalue weighted by Gasteiger charge is -2.29. The predicted octanol–water partition coefficient (Wildman–Crippen LogP) is 5.47. The van der Waals surface area contributed by atoms with E-state index in [1.165, 1.54) is 4.88 Å². The molecule has 1 aromatic heterocycles. The second-order valence-corrected chi connectivity index (χ2v) is 7.48. The van der Waals surface area contributed by atoms with Crippen LogP contribution in [0.25, 0.3) is 11.1 Å². The Labute approximate surface area is 141 Å². The monoisotopic (exact) mass is 371 g/mol. The number of hydrogen-bond acceptors (Lipinski definition) is 3. The van der Waals surface area contributed by atoms with Gasteiger partial charge in [0.2, 0.25) is 0 Å². The van der Waals surface area contributed by atoms with Crippen molar-refractivity contribution >= 4 is 27.3 Å². The highest BCUT2D eigenvalue weighted by Gasteiger charge is 2.30. The fourth-order valence-corrected chi connectivity index (χ4v) is 4.28. The molecule has 2 aromatic carbocycles. The molecule has 3 aromatic rings. The molecule has 4 rings (SSSR count). The van der Waals surface area contributed by atoms with Crippen LogP contribution in [0.3, 0.4) is 0 Å². The van der Waals surface area contributed by atoms with Gasteiger partial charge in [-0.2, -0.15) is 0 Å². The van der Waals surface area contributed by atoms with Crippen molar-refractivity contribution in [1.29, 1.82) is 0 Å². The molecule has 0 saturated carbocycles. The van der Waals surface area contributed by atoms with E-state index in [1.54, 1.807) is 18.4 Å². The molecule has 0 aliphatic carbocycles. The molecule has 1 atom stereocenters. The van der Waals surface area contributed by atoms with E-state index in [0.717, 1.165) is 32.0 Å². The molecule has 0 fully saturated rings. The van der Waals surface area contributed by atoms with Gasteiger partial charge in [-0.25, -0.2) is 0 Å².